The van der Waals surface area contributed by atoms with Crippen LogP contribution in [-0.4, -0.2) is 34.7 Å². The quantitative estimate of drug-likeness (QED) is 0.779. The molecule has 2 fully saturated rings. The summed E-state index contributed by atoms with van der Waals surface area (Å²) in [5, 5.41) is 0. The molecule has 0 unspecified atom stereocenters. The van der Waals surface area contributed by atoms with E-state index in [0.717, 1.165) is 38.8 Å². The van der Waals surface area contributed by atoms with E-state index in [9.17, 15) is 9.59 Å². The average molecular weight is 278 g/mol. The molecule has 4 nitrogen and oxygen atoms in total. The molecule has 0 spiro atoms. The molecule has 4 heteroatoms. The molecule has 0 aromatic heterocycles. The number of hydrogen-bond acceptors (Lipinski definition) is 2. The molecule has 0 bridgehead atoms. The Hall–Kier alpha value is -1.58. The molecule has 0 radical (unpaired) electrons. The molecule has 0 N–H and O–H groups in total. The van der Waals surface area contributed by atoms with Gasteiger partial charge in [-0.1, -0.05) is 26.0 Å². The van der Waals surface area contributed by atoms with Gasteiger partial charge in [0.1, 0.15) is 0 Å². The van der Waals surface area contributed by atoms with Crippen molar-refractivity contribution in [1.29, 1.82) is 0 Å². The number of likely N-dealkylation sites (tertiary alicyclic amines) is 2. The molecular formula is C16H26N2O2. The topological polar surface area (TPSA) is 40.6 Å². The highest BCUT2D eigenvalue weighted by Gasteiger charge is 2.13. The first kappa shape index (κ1) is 16.5. The number of carbonyl (C=O) groups excluding carboxylic acids is 2. The van der Waals surface area contributed by atoms with Crippen molar-refractivity contribution in [2.24, 2.45) is 0 Å². The SMILES string of the molecule is C=CN1CCCCCC1=O.C=CN1CCCCCC1=O. The van der Waals surface area contributed by atoms with E-state index in [2.05, 4.69) is 13.2 Å². The zero-order valence-corrected chi connectivity index (χ0v) is 12.4. The lowest BCUT2D eigenvalue weighted by Gasteiger charge is -2.13. The van der Waals surface area contributed by atoms with Gasteiger partial charge >= 0.3 is 0 Å². The Kier molecular flexibility index (Phi) is 7.70. The highest BCUT2D eigenvalue weighted by Crippen LogP contribution is 2.11. The first-order valence-electron chi connectivity index (χ1n) is 7.53. The summed E-state index contributed by atoms with van der Waals surface area (Å²) in [6, 6.07) is 0. The Labute approximate surface area is 122 Å². The van der Waals surface area contributed by atoms with Crippen molar-refractivity contribution < 1.29 is 9.59 Å². The van der Waals surface area contributed by atoms with Crippen LogP contribution in [-0.2, 0) is 9.59 Å². The van der Waals surface area contributed by atoms with Crippen molar-refractivity contribution in [2.75, 3.05) is 13.1 Å². The van der Waals surface area contributed by atoms with E-state index >= 15 is 0 Å². The third-order valence-corrected chi connectivity index (χ3v) is 3.66. The van der Waals surface area contributed by atoms with Gasteiger partial charge in [-0.2, -0.15) is 0 Å². The standard InChI is InChI=1S/2C8H13NO/c2*1-2-9-7-5-3-4-6-8(9)10/h2*2H,1,3-7H2. The third-order valence-electron chi connectivity index (χ3n) is 3.66. The molecule has 2 amide bonds. The number of carbonyl (C=O) groups is 2. The lowest BCUT2D eigenvalue weighted by molar-refractivity contribution is -0.128. The van der Waals surface area contributed by atoms with Gasteiger partial charge in [0, 0.05) is 25.9 Å². The Morgan fingerprint density at radius 1 is 0.700 bits per heavy atom. The first-order chi connectivity index (χ1) is 9.69. The van der Waals surface area contributed by atoms with Crippen molar-refractivity contribution in [3.8, 4) is 0 Å². The van der Waals surface area contributed by atoms with E-state index in [1.54, 1.807) is 22.2 Å². The lowest BCUT2D eigenvalue weighted by atomic mass is 10.2. The van der Waals surface area contributed by atoms with Crippen LogP contribution in [0.3, 0.4) is 0 Å². The highest BCUT2D eigenvalue weighted by molar-refractivity contribution is 5.77. The maximum absolute atomic E-state index is 11.1. The van der Waals surface area contributed by atoms with Gasteiger partial charge in [-0.05, 0) is 38.1 Å². The van der Waals surface area contributed by atoms with Crippen LogP contribution in [0, 0.1) is 0 Å². The molecule has 2 aliphatic heterocycles. The van der Waals surface area contributed by atoms with Gasteiger partial charge < -0.3 is 9.80 Å². The maximum Gasteiger partial charge on any atom is 0.226 e. The molecule has 0 aromatic rings. The van der Waals surface area contributed by atoms with E-state index < -0.39 is 0 Å². The number of amides is 2. The molecule has 2 rings (SSSR count). The minimum atomic E-state index is 0.229. The predicted octanol–water partition coefficient (Wildman–Crippen LogP) is 3.07. The molecule has 0 saturated carbocycles. The summed E-state index contributed by atoms with van der Waals surface area (Å²) in [5.41, 5.74) is 0. The average Bonchev–Trinajstić information content (AvgIpc) is 2.79. The van der Waals surface area contributed by atoms with E-state index in [0.29, 0.717) is 12.8 Å². The molecular weight excluding hydrogens is 252 g/mol. The molecule has 112 valence electrons. The smallest absolute Gasteiger partial charge is 0.226 e. The van der Waals surface area contributed by atoms with Gasteiger partial charge in [-0.3, -0.25) is 9.59 Å². The molecule has 2 aliphatic rings. The largest absolute Gasteiger partial charge is 0.320 e. The predicted molar refractivity (Wildman–Crippen MR) is 80.8 cm³/mol. The monoisotopic (exact) mass is 278 g/mol. The summed E-state index contributed by atoms with van der Waals surface area (Å²) < 4.78 is 0. The first-order valence-corrected chi connectivity index (χ1v) is 7.53. The second-order valence-electron chi connectivity index (χ2n) is 5.16. The summed E-state index contributed by atoms with van der Waals surface area (Å²) in [7, 11) is 0. The summed E-state index contributed by atoms with van der Waals surface area (Å²) >= 11 is 0. The Bertz CT molecular complexity index is 318. The Morgan fingerprint density at radius 2 is 1.10 bits per heavy atom. The fraction of sp³-hybridized carbons (Fsp3) is 0.625. The maximum atomic E-state index is 11.1. The van der Waals surface area contributed by atoms with Crippen LogP contribution in [0.4, 0.5) is 0 Å². The van der Waals surface area contributed by atoms with Crippen LogP contribution in [0.2, 0.25) is 0 Å². The van der Waals surface area contributed by atoms with Crippen LogP contribution in [0.15, 0.2) is 25.6 Å². The normalized spacial score (nSPS) is 20.4. The summed E-state index contributed by atoms with van der Waals surface area (Å²) in [6.07, 6.45) is 11.4. The summed E-state index contributed by atoms with van der Waals surface area (Å²) in [5.74, 6) is 0.458. The van der Waals surface area contributed by atoms with Crippen molar-refractivity contribution in [1.82, 2.24) is 9.80 Å². The molecule has 0 aromatic carbocycles. The van der Waals surface area contributed by atoms with Crippen LogP contribution in [0.5, 0.6) is 0 Å². The zero-order chi connectivity index (χ0) is 14.8. The van der Waals surface area contributed by atoms with Crippen molar-refractivity contribution in [3.63, 3.8) is 0 Å². The number of hydrogen-bond donors (Lipinski definition) is 0. The number of nitrogens with zero attached hydrogens (tertiary/aromatic N) is 2. The van der Waals surface area contributed by atoms with Crippen molar-refractivity contribution in [2.45, 2.75) is 51.4 Å². The van der Waals surface area contributed by atoms with Crippen molar-refractivity contribution in [3.05, 3.63) is 25.6 Å². The Balaban J connectivity index is 0.000000200. The zero-order valence-electron chi connectivity index (χ0n) is 12.4. The third kappa shape index (κ3) is 5.59. The van der Waals surface area contributed by atoms with Gasteiger partial charge in [0.15, 0.2) is 0 Å². The molecule has 2 heterocycles. The van der Waals surface area contributed by atoms with E-state index in [4.69, 9.17) is 0 Å². The van der Waals surface area contributed by atoms with E-state index in [1.807, 2.05) is 0 Å². The Morgan fingerprint density at radius 3 is 1.45 bits per heavy atom. The van der Waals surface area contributed by atoms with Crippen LogP contribution in [0.1, 0.15) is 51.4 Å². The van der Waals surface area contributed by atoms with Crippen LogP contribution >= 0.6 is 0 Å². The van der Waals surface area contributed by atoms with E-state index in [1.165, 1.54) is 12.8 Å². The van der Waals surface area contributed by atoms with Gasteiger partial charge in [0.05, 0.1) is 0 Å². The van der Waals surface area contributed by atoms with Gasteiger partial charge in [0.25, 0.3) is 0 Å². The fourth-order valence-electron chi connectivity index (χ4n) is 2.39. The highest BCUT2D eigenvalue weighted by atomic mass is 16.2. The van der Waals surface area contributed by atoms with Gasteiger partial charge in [-0.15, -0.1) is 0 Å². The second-order valence-corrected chi connectivity index (χ2v) is 5.16. The van der Waals surface area contributed by atoms with Gasteiger partial charge in [0.2, 0.25) is 11.8 Å². The second kappa shape index (κ2) is 9.34. The van der Waals surface area contributed by atoms with Crippen LogP contribution in [0.25, 0.3) is 0 Å². The minimum Gasteiger partial charge on any atom is -0.320 e. The molecule has 20 heavy (non-hydrogen) atoms. The number of rotatable bonds is 2. The fourth-order valence-corrected chi connectivity index (χ4v) is 2.39. The van der Waals surface area contributed by atoms with Gasteiger partial charge in [-0.25, -0.2) is 0 Å². The van der Waals surface area contributed by atoms with E-state index in [-0.39, 0.29) is 11.8 Å². The summed E-state index contributed by atoms with van der Waals surface area (Å²) in [6.45, 7) is 8.89. The lowest BCUT2D eigenvalue weighted by Crippen LogP contribution is -2.23. The van der Waals surface area contributed by atoms with Crippen molar-refractivity contribution >= 4 is 11.8 Å². The van der Waals surface area contributed by atoms with Crippen LogP contribution < -0.4 is 0 Å². The molecule has 2 saturated heterocycles. The summed E-state index contributed by atoms with van der Waals surface area (Å²) in [4.78, 5) is 25.6. The molecule has 0 atom stereocenters. The molecule has 0 aliphatic carbocycles. The minimum absolute atomic E-state index is 0.229.